The van der Waals surface area contributed by atoms with Gasteiger partial charge in [-0.25, -0.2) is 0 Å². The number of rotatable bonds is 6. The monoisotopic (exact) mass is 205 g/mol. The summed E-state index contributed by atoms with van der Waals surface area (Å²) >= 11 is 0. The maximum atomic E-state index is 11.2. The van der Waals surface area contributed by atoms with Crippen LogP contribution in [0.1, 0.15) is 26.7 Å². The maximum Gasteiger partial charge on any atom is 0.323 e. The van der Waals surface area contributed by atoms with Gasteiger partial charge in [-0.2, -0.15) is 0 Å². The van der Waals surface area contributed by atoms with Crippen LogP contribution in [0, 0.1) is 0 Å². The van der Waals surface area contributed by atoms with Crippen LogP contribution in [-0.2, 0) is 14.3 Å². The van der Waals surface area contributed by atoms with Crippen molar-refractivity contribution < 1.29 is 14.3 Å². The van der Waals surface area contributed by atoms with E-state index >= 15 is 0 Å². The SMILES string of the molecule is CCOC(=O)[C@H](CCC(C)=O)NP. The molecular formula is C8H16NO3P. The van der Waals surface area contributed by atoms with Gasteiger partial charge in [0, 0.05) is 6.42 Å². The van der Waals surface area contributed by atoms with Crippen molar-refractivity contribution in [3.8, 4) is 0 Å². The maximum absolute atomic E-state index is 11.2. The number of ketones is 1. The van der Waals surface area contributed by atoms with E-state index in [0.29, 0.717) is 19.4 Å². The molecule has 0 aliphatic carbocycles. The van der Waals surface area contributed by atoms with E-state index in [1.165, 1.54) is 6.92 Å². The van der Waals surface area contributed by atoms with Crippen LogP contribution >= 0.6 is 9.39 Å². The Bertz CT molecular complexity index is 184. The third kappa shape index (κ3) is 5.72. The first-order valence-corrected chi connectivity index (χ1v) is 4.81. The second-order valence-electron chi connectivity index (χ2n) is 2.71. The molecule has 5 heteroatoms. The summed E-state index contributed by atoms with van der Waals surface area (Å²) in [4.78, 5) is 21.8. The van der Waals surface area contributed by atoms with Crippen LogP contribution in [0.15, 0.2) is 0 Å². The molecule has 0 aromatic rings. The first-order valence-electron chi connectivity index (χ1n) is 4.24. The molecule has 0 saturated heterocycles. The fraction of sp³-hybridized carbons (Fsp3) is 0.750. The van der Waals surface area contributed by atoms with E-state index in [9.17, 15) is 9.59 Å². The lowest BCUT2D eigenvalue weighted by Gasteiger charge is -2.12. The summed E-state index contributed by atoms with van der Waals surface area (Å²) in [5.74, 6) is -0.228. The number of carbonyl (C=O) groups excluding carboxylic acids is 2. The first kappa shape index (κ1) is 12.5. The summed E-state index contributed by atoms with van der Waals surface area (Å²) in [7, 11) is 2.26. The minimum atomic E-state index is -0.395. The van der Waals surface area contributed by atoms with E-state index in [1.807, 2.05) is 0 Å². The summed E-state index contributed by atoms with van der Waals surface area (Å²) < 4.78 is 4.80. The van der Waals surface area contributed by atoms with Gasteiger partial charge < -0.3 is 9.53 Å². The fourth-order valence-corrected chi connectivity index (χ4v) is 1.16. The van der Waals surface area contributed by atoms with E-state index in [4.69, 9.17) is 4.74 Å². The summed E-state index contributed by atoms with van der Waals surface area (Å²) in [6.07, 6.45) is 0.878. The smallest absolute Gasteiger partial charge is 0.323 e. The van der Waals surface area contributed by atoms with Gasteiger partial charge in [-0.05, 0) is 20.3 Å². The summed E-state index contributed by atoms with van der Waals surface area (Å²) in [5.41, 5.74) is 0. The van der Waals surface area contributed by atoms with Crippen LogP contribution < -0.4 is 5.09 Å². The molecule has 0 saturated carbocycles. The average molecular weight is 205 g/mol. The number of hydrogen-bond donors (Lipinski definition) is 1. The Kier molecular flexibility index (Phi) is 6.73. The molecule has 0 rings (SSSR count). The zero-order valence-corrected chi connectivity index (χ0v) is 9.16. The highest BCUT2D eigenvalue weighted by atomic mass is 31.0. The van der Waals surface area contributed by atoms with Gasteiger partial charge in [-0.15, -0.1) is 0 Å². The minimum Gasteiger partial charge on any atom is -0.465 e. The molecule has 0 aliphatic rings. The molecule has 0 aromatic carbocycles. The molecule has 76 valence electrons. The Balaban J connectivity index is 3.87. The molecule has 0 amide bonds. The first-order chi connectivity index (χ1) is 6.11. The highest BCUT2D eigenvalue weighted by molar-refractivity contribution is 7.13. The third-order valence-corrected chi connectivity index (χ3v) is 1.96. The number of ether oxygens (including phenoxy) is 1. The van der Waals surface area contributed by atoms with Crippen LogP contribution in [0.25, 0.3) is 0 Å². The van der Waals surface area contributed by atoms with Gasteiger partial charge in [0.25, 0.3) is 0 Å². The molecule has 13 heavy (non-hydrogen) atoms. The van der Waals surface area contributed by atoms with Gasteiger partial charge >= 0.3 is 5.97 Å². The quantitative estimate of drug-likeness (QED) is 0.511. The molecule has 1 N–H and O–H groups in total. The molecular weight excluding hydrogens is 189 g/mol. The van der Waals surface area contributed by atoms with Crippen molar-refractivity contribution in [3.63, 3.8) is 0 Å². The number of hydrogen-bond acceptors (Lipinski definition) is 4. The van der Waals surface area contributed by atoms with Crippen molar-refractivity contribution in [2.75, 3.05) is 6.61 Å². The molecule has 0 heterocycles. The van der Waals surface area contributed by atoms with Crippen molar-refractivity contribution in [3.05, 3.63) is 0 Å². The molecule has 1 unspecified atom stereocenters. The zero-order chi connectivity index (χ0) is 10.3. The van der Waals surface area contributed by atoms with Crippen molar-refractivity contribution >= 4 is 21.1 Å². The average Bonchev–Trinajstić information content (AvgIpc) is 2.05. The zero-order valence-electron chi connectivity index (χ0n) is 8.00. The Morgan fingerprint density at radius 3 is 2.54 bits per heavy atom. The van der Waals surface area contributed by atoms with Gasteiger partial charge in [-0.3, -0.25) is 9.88 Å². The van der Waals surface area contributed by atoms with Crippen LogP contribution in [0.4, 0.5) is 0 Å². The largest absolute Gasteiger partial charge is 0.465 e. The standard InChI is InChI=1S/C8H16NO3P/c1-3-12-8(11)7(9-13)5-4-6(2)10/h7,9H,3-5,13H2,1-2H3/t7-/m0/s1. The van der Waals surface area contributed by atoms with Gasteiger partial charge in [0.15, 0.2) is 0 Å². The summed E-state index contributed by atoms with van der Waals surface area (Å²) in [5, 5.41) is 2.73. The van der Waals surface area contributed by atoms with Gasteiger partial charge in [0.1, 0.15) is 11.8 Å². The Morgan fingerprint density at radius 1 is 1.54 bits per heavy atom. The van der Waals surface area contributed by atoms with E-state index < -0.39 is 6.04 Å². The molecule has 0 aliphatic heterocycles. The van der Waals surface area contributed by atoms with Crippen LogP contribution in [0.5, 0.6) is 0 Å². The number of nitrogens with one attached hydrogen (secondary N) is 1. The van der Waals surface area contributed by atoms with Crippen molar-refractivity contribution in [2.24, 2.45) is 0 Å². The summed E-state index contributed by atoms with van der Waals surface area (Å²) in [6.45, 7) is 3.62. The number of Topliss-reactive ketones (excluding diaryl/α,β-unsaturated/α-hetero) is 1. The van der Waals surface area contributed by atoms with Gasteiger partial charge in [0.2, 0.25) is 0 Å². The predicted octanol–water partition coefficient (Wildman–Crippen LogP) is 0.667. The summed E-state index contributed by atoms with van der Waals surface area (Å²) in [6, 6.07) is -0.395. The van der Waals surface area contributed by atoms with E-state index in [2.05, 4.69) is 14.5 Å². The predicted molar refractivity (Wildman–Crippen MR) is 53.2 cm³/mol. The van der Waals surface area contributed by atoms with Crippen molar-refractivity contribution in [1.82, 2.24) is 5.09 Å². The van der Waals surface area contributed by atoms with Crippen molar-refractivity contribution in [1.29, 1.82) is 0 Å². The molecule has 0 fully saturated rings. The Labute approximate surface area is 80.7 Å². The lowest BCUT2D eigenvalue weighted by atomic mass is 10.1. The fourth-order valence-electron chi connectivity index (χ4n) is 0.860. The molecule has 0 spiro atoms. The molecule has 0 aromatic heterocycles. The lowest BCUT2D eigenvalue weighted by molar-refractivity contribution is -0.145. The second-order valence-corrected chi connectivity index (χ2v) is 3.05. The second kappa shape index (κ2) is 6.98. The van der Waals surface area contributed by atoms with Crippen molar-refractivity contribution in [2.45, 2.75) is 32.7 Å². The molecule has 0 radical (unpaired) electrons. The Hall–Kier alpha value is -0.470. The highest BCUT2D eigenvalue weighted by Gasteiger charge is 2.17. The third-order valence-electron chi connectivity index (χ3n) is 1.56. The number of esters is 1. The van der Waals surface area contributed by atoms with Crippen LogP contribution in [0.2, 0.25) is 0 Å². The highest BCUT2D eigenvalue weighted by Crippen LogP contribution is 2.02. The molecule has 2 atom stereocenters. The van der Waals surface area contributed by atoms with Crippen LogP contribution in [-0.4, -0.2) is 24.4 Å². The topological polar surface area (TPSA) is 55.4 Å². The van der Waals surface area contributed by atoms with E-state index in [-0.39, 0.29) is 11.8 Å². The van der Waals surface area contributed by atoms with Gasteiger partial charge in [-0.1, -0.05) is 9.39 Å². The molecule has 4 nitrogen and oxygen atoms in total. The van der Waals surface area contributed by atoms with E-state index in [0.717, 1.165) is 0 Å². The van der Waals surface area contributed by atoms with E-state index in [1.54, 1.807) is 6.92 Å². The normalized spacial score (nSPS) is 12.2. The van der Waals surface area contributed by atoms with Gasteiger partial charge in [0.05, 0.1) is 6.61 Å². The minimum absolute atomic E-state index is 0.0783. The Morgan fingerprint density at radius 2 is 2.15 bits per heavy atom. The molecule has 0 bridgehead atoms. The van der Waals surface area contributed by atoms with Crippen LogP contribution in [0.3, 0.4) is 0 Å². The number of carbonyl (C=O) groups is 2. The lowest BCUT2D eigenvalue weighted by Crippen LogP contribution is -2.32.